The highest BCUT2D eigenvalue weighted by Gasteiger charge is 2.33. The molecule has 0 saturated heterocycles. The van der Waals surface area contributed by atoms with Gasteiger partial charge in [0.25, 0.3) is 5.91 Å². The second-order valence-electron chi connectivity index (χ2n) is 7.63. The molecule has 1 aromatic heterocycles. The van der Waals surface area contributed by atoms with E-state index in [0.717, 1.165) is 44.4 Å². The zero-order valence-corrected chi connectivity index (χ0v) is 16.7. The zero-order chi connectivity index (χ0) is 20.8. The van der Waals surface area contributed by atoms with Gasteiger partial charge in [-0.15, -0.1) is 0 Å². The van der Waals surface area contributed by atoms with Gasteiger partial charge < -0.3 is 9.32 Å². The van der Waals surface area contributed by atoms with Gasteiger partial charge in [-0.25, -0.2) is 4.99 Å². The highest BCUT2D eigenvalue weighted by atomic mass is 16.3. The summed E-state index contributed by atoms with van der Waals surface area (Å²) in [5, 5.41) is 2.04. The fraction of sp³-hybridized carbons (Fsp3) is 0.0370. The van der Waals surface area contributed by atoms with Crippen molar-refractivity contribution in [3.63, 3.8) is 0 Å². The highest BCUT2D eigenvalue weighted by molar-refractivity contribution is 6.54. The second kappa shape index (κ2) is 6.96. The minimum atomic E-state index is -0.0813. The summed E-state index contributed by atoms with van der Waals surface area (Å²) in [4.78, 5) is 20.0. The minimum Gasteiger partial charge on any atom is -0.456 e. The van der Waals surface area contributed by atoms with Crippen molar-refractivity contribution in [2.45, 2.75) is 6.54 Å². The molecule has 4 aromatic carbocycles. The number of hydrogen-bond acceptors (Lipinski definition) is 3. The smallest absolute Gasteiger partial charge is 0.277 e. The van der Waals surface area contributed by atoms with Crippen molar-refractivity contribution in [1.29, 1.82) is 0 Å². The molecule has 0 atom stereocenters. The number of carbonyl (C=O) groups is 1. The average molecular weight is 402 g/mol. The summed E-state index contributed by atoms with van der Waals surface area (Å²) in [5.74, 6) is -0.0813. The van der Waals surface area contributed by atoms with E-state index >= 15 is 0 Å². The van der Waals surface area contributed by atoms with E-state index < -0.39 is 0 Å². The largest absolute Gasteiger partial charge is 0.456 e. The van der Waals surface area contributed by atoms with Gasteiger partial charge in [-0.05, 0) is 35.9 Å². The third-order valence-corrected chi connectivity index (χ3v) is 5.68. The number of carbonyl (C=O) groups excluding carboxylic acids is 1. The molecule has 2 heterocycles. The number of furan rings is 1. The number of amides is 1. The van der Waals surface area contributed by atoms with E-state index in [9.17, 15) is 4.79 Å². The number of rotatable bonds is 3. The fourth-order valence-corrected chi connectivity index (χ4v) is 4.21. The Labute approximate surface area is 179 Å². The fourth-order valence-electron chi connectivity index (χ4n) is 4.21. The van der Waals surface area contributed by atoms with Gasteiger partial charge in [-0.3, -0.25) is 4.79 Å². The first kappa shape index (κ1) is 17.7. The third kappa shape index (κ3) is 2.92. The van der Waals surface area contributed by atoms with E-state index in [0.29, 0.717) is 12.3 Å². The maximum Gasteiger partial charge on any atom is 0.277 e. The Hall–Kier alpha value is -4.18. The molecule has 1 aliphatic rings. The molecule has 4 nitrogen and oxygen atoms in total. The molecule has 148 valence electrons. The van der Waals surface area contributed by atoms with Gasteiger partial charge in [0.15, 0.2) is 0 Å². The van der Waals surface area contributed by atoms with E-state index in [1.54, 1.807) is 4.90 Å². The first-order valence-corrected chi connectivity index (χ1v) is 10.2. The van der Waals surface area contributed by atoms with Crippen LogP contribution in [-0.4, -0.2) is 11.6 Å². The summed E-state index contributed by atoms with van der Waals surface area (Å²) >= 11 is 0. The van der Waals surface area contributed by atoms with Gasteiger partial charge in [0, 0.05) is 16.3 Å². The first-order chi connectivity index (χ1) is 15.3. The Morgan fingerprint density at radius 2 is 1.48 bits per heavy atom. The molecule has 31 heavy (non-hydrogen) atoms. The highest BCUT2D eigenvalue weighted by Crippen LogP contribution is 2.34. The zero-order valence-electron chi connectivity index (χ0n) is 16.7. The third-order valence-electron chi connectivity index (χ3n) is 5.68. The summed E-state index contributed by atoms with van der Waals surface area (Å²) in [7, 11) is 0. The average Bonchev–Trinajstić information content (AvgIpc) is 3.31. The lowest BCUT2D eigenvalue weighted by Crippen LogP contribution is -2.29. The molecule has 0 aliphatic carbocycles. The number of benzene rings is 4. The quantitative estimate of drug-likeness (QED) is 0.358. The molecule has 0 unspecified atom stereocenters. The lowest BCUT2D eigenvalue weighted by atomic mass is 10.1. The van der Waals surface area contributed by atoms with Gasteiger partial charge >= 0.3 is 0 Å². The SMILES string of the molecule is O=C1C(=Nc2ccc3oc4ccccc4c3c2)c2ccccc2N1Cc1ccccc1. The van der Waals surface area contributed by atoms with Crippen LogP contribution in [0, 0.1) is 0 Å². The van der Waals surface area contributed by atoms with Crippen molar-refractivity contribution in [1.82, 2.24) is 0 Å². The minimum absolute atomic E-state index is 0.0813. The first-order valence-electron chi connectivity index (χ1n) is 10.2. The molecule has 0 radical (unpaired) electrons. The lowest BCUT2D eigenvalue weighted by Gasteiger charge is -2.16. The van der Waals surface area contributed by atoms with Crippen LogP contribution in [0.25, 0.3) is 21.9 Å². The van der Waals surface area contributed by atoms with Gasteiger partial charge in [0.2, 0.25) is 0 Å². The molecular formula is C27H18N2O2. The van der Waals surface area contributed by atoms with Crippen LogP contribution in [0.15, 0.2) is 106 Å². The summed E-state index contributed by atoms with van der Waals surface area (Å²) in [5.41, 5.74) is 5.70. The molecule has 6 rings (SSSR count). The lowest BCUT2D eigenvalue weighted by molar-refractivity contribution is -0.112. The second-order valence-corrected chi connectivity index (χ2v) is 7.63. The maximum atomic E-state index is 13.4. The Bertz CT molecular complexity index is 1480. The Morgan fingerprint density at radius 1 is 0.742 bits per heavy atom. The summed E-state index contributed by atoms with van der Waals surface area (Å²) in [6.07, 6.45) is 0. The van der Waals surface area contributed by atoms with Crippen molar-refractivity contribution in [3.05, 3.63) is 108 Å². The van der Waals surface area contributed by atoms with E-state index in [2.05, 4.69) is 0 Å². The molecule has 0 bridgehead atoms. The van der Waals surface area contributed by atoms with Crippen LogP contribution in [-0.2, 0) is 11.3 Å². The Morgan fingerprint density at radius 3 is 2.39 bits per heavy atom. The monoisotopic (exact) mass is 402 g/mol. The molecule has 0 spiro atoms. The molecular weight excluding hydrogens is 384 g/mol. The number of aliphatic imine (C=N–C) groups is 1. The maximum absolute atomic E-state index is 13.4. The van der Waals surface area contributed by atoms with Crippen LogP contribution in [0.5, 0.6) is 0 Å². The van der Waals surface area contributed by atoms with Crippen LogP contribution >= 0.6 is 0 Å². The molecule has 0 saturated carbocycles. The van der Waals surface area contributed by atoms with Crippen LogP contribution in [0.1, 0.15) is 11.1 Å². The van der Waals surface area contributed by atoms with Crippen molar-refractivity contribution in [2.24, 2.45) is 4.99 Å². The number of para-hydroxylation sites is 2. The predicted molar refractivity (Wildman–Crippen MR) is 124 cm³/mol. The molecule has 4 heteroatoms. The Balaban J connectivity index is 1.45. The van der Waals surface area contributed by atoms with Crippen molar-refractivity contribution in [2.75, 3.05) is 4.90 Å². The summed E-state index contributed by atoms with van der Waals surface area (Å²) in [6, 6.07) is 31.6. The van der Waals surface area contributed by atoms with Crippen LogP contribution in [0.2, 0.25) is 0 Å². The summed E-state index contributed by atoms with van der Waals surface area (Å²) in [6.45, 7) is 0.515. The van der Waals surface area contributed by atoms with Crippen LogP contribution in [0.3, 0.4) is 0 Å². The number of fused-ring (bicyclic) bond motifs is 4. The van der Waals surface area contributed by atoms with Gasteiger partial charge in [-0.2, -0.15) is 0 Å². The molecule has 5 aromatic rings. The van der Waals surface area contributed by atoms with E-state index in [-0.39, 0.29) is 5.91 Å². The van der Waals surface area contributed by atoms with E-state index in [4.69, 9.17) is 9.41 Å². The van der Waals surface area contributed by atoms with Crippen LogP contribution in [0.4, 0.5) is 11.4 Å². The normalized spacial score (nSPS) is 14.6. The summed E-state index contributed by atoms with van der Waals surface area (Å²) < 4.78 is 5.91. The molecule has 1 amide bonds. The number of hydrogen-bond donors (Lipinski definition) is 0. The molecule has 0 N–H and O–H groups in total. The predicted octanol–water partition coefficient (Wildman–Crippen LogP) is 6.25. The van der Waals surface area contributed by atoms with E-state index in [1.165, 1.54) is 0 Å². The standard InChI is InChI=1S/C27H18N2O2/c30-27-26(21-11-4-6-12-23(21)29(27)17-18-8-2-1-3-9-18)28-19-14-15-25-22(16-19)20-10-5-7-13-24(20)31-25/h1-16H,17H2. The Kier molecular flexibility index (Phi) is 3.96. The molecule has 0 fully saturated rings. The number of anilines is 1. The van der Waals surface area contributed by atoms with Crippen molar-refractivity contribution in [3.8, 4) is 0 Å². The van der Waals surface area contributed by atoms with Gasteiger partial charge in [0.1, 0.15) is 16.9 Å². The van der Waals surface area contributed by atoms with E-state index in [1.807, 2.05) is 97.1 Å². The van der Waals surface area contributed by atoms with Crippen LogP contribution < -0.4 is 4.90 Å². The van der Waals surface area contributed by atoms with Gasteiger partial charge in [-0.1, -0.05) is 66.7 Å². The number of nitrogens with zero attached hydrogens (tertiary/aromatic N) is 2. The van der Waals surface area contributed by atoms with Crippen molar-refractivity contribution >= 4 is 44.9 Å². The van der Waals surface area contributed by atoms with Crippen molar-refractivity contribution < 1.29 is 9.21 Å². The molecule has 1 aliphatic heterocycles. The topological polar surface area (TPSA) is 45.8 Å². The van der Waals surface area contributed by atoms with Gasteiger partial charge in [0.05, 0.1) is 17.9 Å².